The monoisotopic (exact) mass is 175 g/mol. The molecule has 0 aliphatic carbocycles. The molecule has 0 atom stereocenters. The van der Waals surface area contributed by atoms with Gasteiger partial charge in [-0.25, -0.2) is 0 Å². The van der Waals surface area contributed by atoms with Crippen molar-refractivity contribution in [1.82, 2.24) is 9.34 Å². The Hall–Kier alpha value is 0.270. The van der Waals surface area contributed by atoms with Gasteiger partial charge in [0.05, 0.1) is 26.2 Å². The molecule has 3 saturated heterocycles. The number of nitrogens with zero attached hydrogens (tertiary/aromatic N) is 2. The van der Waals surface area contributed by atoms with Gasteiger partial charge < -0.3 is 0 Å². The molecule has 0 bridgehead atoms. The van der Waals surface area contributed by atoms with Crippen molar-refractivity contribution in [2.45, 2.75) is 0 Å². The molecule has 0 saturated carbocycles. The second-order valence-electron chi connectivity index (χ2n) is 3.06. The lowest BCUT2D eigenvalue weighted by Crippen LogP contribution is -2.15. The molecule has 3 fully saturated rings. The highest BCUT2D eigenvalue weighted by Gasteiger charge is 2.67. The Labute approximate surface area is 66.7 Å². The minimum absolute atomic E-state index is 0.865. The molecule has 4 nitrogen and oxygen atoms in total. The molecule has 0 amide bonds. The third kappa shape index (κ3) is 0.718. The molecule has 3 aliphatic heterocycles. The van der Waals surface area contributed by atoms with Gasteiger partial charge in [-0.3, -0.25) is 0 Å². The van der Waals surface area contributed by atoms with Crippen LogP contribution in [0.3, 0.4) is 0 Å². The topological polar surface area (TPSA) is 24.9 Å². The van der Waals surface area contributed by atoms with Crippen LogP contribution in [0.15, 0.2) is 0 Å². The summed E-state index contributed by atoms with van der Waals surface area (Å²) in [5, 5.41) is 0. The maximum atomic E-state index is 5.73. The summed E-state index contributed by atoms with van der Waals surface area (Å²) in [5.74, 6) is 0. The van der Waals surface area contributed by atoms with E-state index in [1.807, 2.05) is 0 Å². The van der Waals surface area contributed by atoms with Crippen molar-refractivity contribution in [3.8, 4) is 0 Å². The van der Waals surface area contributed by atoms with Crippen LogP contribution in [0.2, 0.25) is 0 Å². The first-order valence-electron chi connectivity index (χ1n) is 4.11. The molecule has 3 heterocycles. The van der Waals surface area contributed by atoms with Crippen LogP contribution < -0.4 is 0 Å². The van der Waals surface area contributed by atoms with Gasteiger partial charge in [0, 0.05) is 0 Å². The predicted octanol–water partition coefficient (Wildman–Crippen LogP) is 0.342. The van der Waals surface area contributed by atoms with Crippen molar-refractivity contribution in [2.24, 2.45) is 0 Å². The highest BCUT2D eigenvalue weighted by Crippen LogP contribution is 2.73. The summed E-state index contributed by atoms with van der Waals surface area (Å²) in [6, 6.07) is 0. The van der Waals surface area contributed by atoms with Crippen molar-refractivity contribution < 1.29 is 9.05 Å². The largest absolute Gasteiger partial charge is 0.436 e. The molecule has 3 rings (SSSR count). The SMILES string of the molecule is C1CN2CCN3CCO[P+]23O1. The van der Waals surface area contributed by atoms with Crippen LogP contribution in [0.4, 0.5) is 0 Å². The van der Waals surface area contributed by atoms with Gasteiger partial charge in [-0.2, -0.15) is 9.05 Å². The number of hydrogen-bond donors (Lipinski definition) is 0. The van der Waals surface area contributed by atoms with Crippen LogP contribution in [0.25, 0.3) is 0 Å². The minimum Gasteiger partial charge on any atom is -0.171 e. The van der Waals surface area contributed by atoms with Gasteiger partial charge in [0.25, 0.3) is 0 Å². The van der Waals surface area contributed by atoms with Crippen LogP contribution in [0, 0.1) is 0 Å². The standard InChI is InChI=1S/C6H12N2O2P/c1-2-8-4-6-10-11(8)7(1)3-5-9-11/h1-6H2/q+1. The number of hydrogen-bond acceptors (Lipinski definition) is 4. The first-order chi connectivity index (χ1) is 5.42. The van der Waals surface area contributed by atoms with Gasteiger partial charge in [0.15, 0.2) is 0 Å². The smallest absolute Gasteiger partial charge is 0.171 e. The summed E-state index contributed by atoms with van der Waals surface area (Å²) in [5.41, 5.74) is 0. The Balaban J connectivity index is 1.97. The lowest BCUT2D eigenvalue weighted by molar-refractivity contribution is 0.279. The predicted molar refractivity (Wildman–Crippen MR) is 42.0 cm³/mol. The molecule has 0 radical (unpaired) electrons. The fourth-order valence-electron chi connectivity index (χ4n) is 2.03. The molecule has 1 spiro atoms. The van der Waals surface area contributed by atoms with Gasteiger partial charge >= 0.3 is 8.02 Å². The lowest BCUT2D eigenvalue weighted by Gasteiger charge is -2.16. The Morgan fingerprint density at radius 1 is 0.818 bits per heavy atom. The van der Waals surface area contributed by atoms with Crippen LogP contribution >= 0.6 is 8.02 Å². The third-order valence-corrected chi connectivity index (χ3v) is 5.82. The molecular formula is C6H12N2O2P+. The van der Waals surface area contributed by atoms with Crippen molar-refractivity contribution >= 4 is 8.02 Å². The molecule has 0 aromatic rings. The number of rotatable bonds is 0. The van der Waals surface area contributed by atoms with E-state index in [4.69, 9.17) is 9.05 Å². The van der Waals surface area contributed by atoms with Gasteiger partial charge in [-0.15, -0.1) is 9.34 Å². The highest BCUT2D eigenvalue weighted by molar-refractivity contribution is 7.62. The van der Waals surface area contributed by atoms with Gasteiger partial charge in [-0.1, -0.05) is 0 Å². The lowest BCUT2D eigenvalue weighted by atomic mass is 10.5. The molecule has 11 heavy (non-hydrogen) atoms. The summed E-state index contributed by atoms with van der Waals surface area (Å²) in [7, 11) is -1.60. The van der Waals surface area contributed by atoms with E-state index in [-0.39, 0.29) is 0 Å². The zero-order valence-corrected chi connectivity index (χ0v) is 7.30. The van der Waals surface area contributed by atoms with E-state index in [0.29, 0.717) is 0 Å². The van der Waals surface area contributed by atoms with E-state index >= 15 is 0 Å². The van der Waals surface area contributed by atoms with Crippen LogP contribution in [0.1, 0.15) is 0 Å². The molecule has 3 aliphatic rings. The molecular weight excluding hydrogens is 163 g/mol. The first-order valence-corrected chi connectivity index (χ1v) is 5.64. The first kappa shape index (κ1) is 6.75. The Morgan fingerprint density at radius 3 is 1.91 bits per heavy atom. The molecule has 0 unspecified atom stereocenters. The van der Waals surface area contributed by atoms with E-state index < -0.39 is 8.02 Å². The molecule has 0 aromatic carbocycles. The zero-order valence-electron chi connectivity index (χ0n) is 6.40. The highest BCUT2D eigenvalue weighted by atomic mass is 31.2. The van der Waals surface area contributed by atoms with E-state index in [9.17, 15) is 0 Å². The maximum Gasteiger partial charge on any atom is 0.436 e. The summed E-state index contributed by atoms with van der Waals surface area (Å²) in [6.45, 7) is 6.17. The zero-order chi connectivity index (χ0) is 7.31. The van der Waals surface area contributed by atoms with E-state index in [0.717, 1.165) is 39.4 Å². The molecule has 0 aromatic heterocycles. The van der Waals surface area contributed by atoms with Crippen molar-refractivity contribution in [1.29, 1.82) is 0 Å². The molecule has 5 heteroatoms. The van der Waals surface area contributed by atoms with E-state index in [2.05, 4.69) is 9.34 Å². The van der Waals surface area contributed by atoms with Crippen LogP contribution in [-0.2, 0) is 9.05 Å². The molecule has 62 valence electrons. The summed E-state index contributed by atoms with van der Waals surface area (Å²) in [4.78, 5) is 0. The van der Waals surface area contributed by atoms with Crippen molar-refractivity contribution in [3.63, 3.8) is 0 Å². The fourth-order valence-corrected chi connectivity index (χ4v) is 5.11. The van der Waals surface area contributed by atoms with Crippen LogP contribution in [-0.4, -0.2) is 48.7 Å². The van der Waals surface area contributed by atoms with Crippen molar-refractivity contribution in [2.75, 3.05) is 39.4 Å². The Kier molecular flexibility index (Phi) is 1.32. The Morgan fingerprint density at radius 2 is 1.36 bits per heavy atom. The Bertz CT molecular complexity index is 169. The third-order valence-electron chi connectivity index (χ3n) is 2.55. The second-order valence-corrected chi connectivity index (χ2v) is 5.69. The fraction of sp³-hybridized carbons (Fsp3) is 1.00. The minimum atomic E-state index is -1.60. The average Bonchev–Trinajstić information content (AvgIpc) is 2.55. The average molecular weight is 175 g/mol. The van der Waals surface area contributed by atoms with Crippen LogP contribution in [0.5, 0.6) is 0 Å². The summed E-state index contributed by atoms with van der Waals surface area (Å²) >= 11 is 0. The summed E-state index contributed by atoms with van der Waals surface area (Å²) in [6.07, 6.45) is 0. The van der Waals surface area contributed by atoms with Gasteiger partial charge in [-0.05, 0) is 0 Å². The quantitative estimate of drug-likeness (QED) is 0.496. The van der Waals surface area contributed by atoms with E-state index in [1.54, 1.807) is 0 Å². The van der Waals surface area contributed by atoms with Gasteiger partial charge in [0.1, 0.15) is 13.2 Å². The normalized spacial score (nSPS) is 36.0. The second kappa shape index (κ2) is 2.15. The molecule has 0 N–H and O–H groups in total. The van der Waals surface area contributed by atoms with E-state index in [1.165, 1.54) is 0 Å². The van der Waals surface area contributed by atoms with Crippen molar-refractivity contribution in [3.05, 3.63) is 0 Å². The summed E-state index contributed by atoms with van der Waals surface area (Å²) < 4.78 is 16.2. The van der Waals surface area contributed by atoms with Gasteiger partial charge in [0.2, 0.25) is 0 Å². The maximum absolute atomic E-state index is 5.73.